The Hall–Kier alpha value is -3.62. The summed E-state index contributed by atoms with van der Waals surface area (Å²) in [6, 6.07) is 12.8. The van der Waals surface area contributed by atoms with Crippen molar-refractivity contribution in [2.75, 3.05) is 12.1 Å². The van der Waals surface area contributed by atoms with Gasteiger partial charge in [0.25, 0.3) is 5.91 Å². The van der Waals surface area contributed by atoms with E-state index in [2.05, 4.69) is 20.3 Å². The number of nitrogens with one attached hydrogen (secondary N) is 2. The van der Waals surface area contributed by atoms with Gasteiger partial charge in [-0.05, 0) is 36.4 Å². The SMILES string of the molecule is O=C(Nc1ccccc1OC(F)F)c1cc(-c2ccc3c(c2)OCO3)n[nH]1. The Balaban J connectivity index is 1.53. The number of aromatic nitrogens is 2. The lowest BCUT2D eigenvalue weighted by Crippen LogP contribution is -2.14. The fraction of sp³-hybridized carbons (Fsp3) is 0.111. The van der Waals surface area contributed by atoms with Crippen molar-refractivity contribution in [3.8, 4) is 28.5 Å². The van der Waals surface area contributed by atoms with Gasteiger partial charge in [-0.1, -0.05) is 12.1 Å². The molecule has 0 unspecified atom stereocenters. The van der Waals surface area contributed by atoms with Crippen molar-refractivity contribution >= 4 is 11.6 Å². The molecule has 2 heterocycles. The second kappa shape index (κ2) is 6.94. The van der Waals surface area contributed by atoms with E-state index in [-0.39, 0.29) is 23.9 Å². The fourth-order valence-corrected chi connectivity index (χ4v) is 2.60. The molecule has 27 heavy (non-hydrogen) atoms. The third kappa shape index (κ3) is 3.52. The molecule has 1 aliphatic rings. The van der Waals surface area contributed by atoms with Crippen LogP contribution >= 0.6 is 0 Å². The lowest BCUT2D eigenvalue weighted by molar-refractivity contribution is -0.0493. The van der Waals surface area contributed by atoms with Gasteiger partial charge >= 0.3 is 6.61 Å². The summed E-state index contributed by atoms with van der Waals surface area (Å²) in [5, 5.41) is 9.27. The Kier molecular flexibility index (Phi) is 4.33. The Morgan fingerprint density at radius 2 is 1.96 bits per heavy atom. The summed E-state index contributed by atoms with van der Waals surface area (Å²) in [6.07, 6.45) is 0. The van der Waals surface area contributed by atoms with E-state index in [1.165, 1.54) is 18.2 Å². The first-order valence-electron chi connectivity index (χ1n) is 7.91. The summed E-state index contributed by atoms with van der Waals surface area (Å²) in [5.41, 5.74) is 1.54. The average molecular weight is 373 g/mol. The molecule has 0 spiro atoms. The van der Waals surface area contributed by atoms with E-state index in [0.717, 1.165) is 5.56 Å². The number of H-pyrrole nitrogens is 1. The van der Waals surface area contributed by atoms with E-state index in [4.69, 9.17) is 9.47 Å². The van der Waals surface area contributed by atoms with E-state index >= 15 is 0 Å². The van der Waals surface area contributed by atoms with E-state index in [9.17, 15) is 13.6 Å². The van der Waals surface area contributed by atoms with Crippen LogP contribution in [0.4, 0.5) is 14.5 Å². The van der Waals surface area contributed by atoms with Crippen molar-refractivity contribution in [2.24, 2.45) is 0 Å². The number of fused-ring (bicyclic) bond motifs is 1. The highest BCUT2D eigenvalue weighted by molar-refractivity contribution is 6.04. The topological polar surface area (TPSA) is 85.5 Å². The minimum absolute atomic E-state index is 0.127. The van der Waals surface area contributed by atoms with Gasteiger partial charge < -0.3 is 19.5 Å². The maximum atomic E-state index is 12.5. The van der Waals surface area contributed by atoms with Crippen molar-refractivity contribution in [1.29, 1.82) is 0 Å². The Bertz CT molecular complexity index is 990. The molecule has 0 saturated heterocycles. The summed E-state index contributed by atoms with van der Waals surface area (Å²) in [6.45, 7) is -2.83. The molecule has 0 aliphatic carbocycles. The Labute approximate surface area is 151 Å². The number of hydrogen-bond acceptors (Lipinski definition) is 5. The summed E-state index contributed by atoms with van der Waals surface area (Å²) >= 11 is 0. The van der Waals surface area contributed by atoms with Crippen LogP contribution < -0.4 is 19.5 Å². The van der Waals surface area contributed by atoms with Gasteiger partial charge in [-0.3, -0.25) is 9.89 Å². The van der Waals surface area contributed by atoms with Crippen molar-refractivity contribution in [3.05, 3.63) is 54.2 Å². The monoisotopic (exact) mass is 373 g/mol. The first-order valence-corrected chi connectivity index (χ1v) is 7.91. The number of para-hydroxylation sites is 2. The lowest BCUT2D eigenvalue weighted by Gasteiger charge is -2.10. The standard InChI is InChI=1S/C18H13F2N3O4/c19-18(20)27-14-4-2-1-3-11(14)21-17(24)13-8-12(22-23-13)10-5-6-15-16(7-10)26-9-25-15/h1-8,18H,9H2,(H,21,24)(H,22,23). The molecule has 1 aromatic heterocycles. The number of benzene rings is 2. The molecule has 0 fully saturated rings. The van der Waals surface area contributed by atoms with Crippen LogP contribution in [0.5, 0.6) is 17.2 Å². The minimum atomic E-state index is -2.99. The molecule has 1 aliphatic heterocycles. The fourth-order valence-electron chi connectivity index (χ4n) is 2.60. The predicted molar refractivity (Wildman–Crippen MR) is 91.2 cm³/mol. The zero-order valence-electron chi connectivity index (χ0n) is 13.7. The second-order valence-corrected chi connectivity index (χ2v) is 5.56. The smallest absolute Gasteiger partial charge is 0.387 e. The predicted octanol–water partition coefficient (Wildman–Crippen LogP) is 3.66. The average Bonchev–Trinajstić information content (AvgIpc) is 3.31. The number of aromatic amines is 1. The molecule has 2 aromatic carbocycles. The summed E-state index contributed by atoms with van der Waals surface area (Å²) in [5.74, 6) is 0.568. The number of carbonyl (C=O) groups excluding carboxylic acids is 1. The van der Waals surface area contributed by atoms with Crippen LogP contribution in [0.15, 0.2) is 48.5 Å². The van der Waals surface area contributed by atoms with Crippen LogP contribution in [-0.2, 0) is 0 Å². The van der Waals surface area contributed by atoms with Gasteiger partial charge in [0.15, 0.2) is 11.5 Å². The molecule has 138 valence electrons. The van der Waals surface area contributed by atoms with Gasteiger partial charge in [-0.15, -0.1) is 0 Å². The van der Waals surface area contributed by atoms with E-state index in [1.807, 2.05) is 0 Å². The van der Waals surface area contributed by atoms with Gasteiger partial charge in [0.05, 0.1) is 11.4 Å². The lowest BCUT2D eigenvalue weighted by atomic mass is 10.1. The number of amides is 1. The number of ether oxygens (including phenoxy) is 3. The maximum absolute atomic E-state index is 12.5. The third-order valence-electron chi connectivity index (χ3n) is 3.84. The molecule has 2 N–H and O–H groups in total. The van der Waals surface area contributed by atoms with Crippen molar-refractivity contribution in [3.63, 3.8) is 0 Å². The second-order valence-electron chi connectivity index (χ2n) is 5.56. The van der Waals surface area contributed by atoms with E-state index < -0.39 is 12.5 Å². The van der Waals surface area contributed by atoms with Crippen LogP contribution in [0.2, 0.25) is 0 Å². The molecule has 3 aromatic rings. The number of anilines is 1. The van der Waals surface area contributed by atoms with Gasteiger partial charge in [0, 0.05) is 5.56 Å². The number of rotatable bonds is 5. The molecule has 4 rings (SSSR count). The first-order chi connectivity index (χ1) is 13.1. The van der Waals surface area contributed by atoms with Gasteiger partial charge in [-0.25, -0.2) is 0 Å². The normalized spacial score (nSPS) is 12.3. The highest BCUT2D eigenvalue weighted by atomic mass is 19.3. The van der Waals surface area contributed by atoms with Gasteiger partial charge in [0.2, 0.25) is 6.79 Å². The Morgan fingerprint density at radius 3 is 2.81 bits per heavy atom. The largest absolute Gasteiger partial charge is 0.454 e. The molecule has 9 heteroatoms. The maximum Gasteiger partial charge on any atom is 0.387 e. The number of carbonyl (C=O) groups is 1. The molecule has 0 saturated carbocycles. The molecule has 7 nitrogen and oxygen atoms in total. The number of halogens is 2. The highest BCUT2D eigenvalue weighted by Gasteiger charge is 2.18. The Morgan fingerprint density at radius 1 is 1.15 bits per heavy atom. The molecular formula is C18H13F2N3O4. The van der Waals surface area contributed by atoms with Crippen molar-refractivity contribution in [2.45, 2.75) is 6.61 Å². The third-order valence-corrected chi connectivity index (χ3v) is 3.84. The molecule has 0 bridgehead atoms. The van der Waals surface area contributed by atoms with E-state index in [1.54, 1.807) is 30.3 Å². The quantitative estimate of drug-likeness (QED) is 0.713. The number of alkyl halides is 2. The molecular weight excluding hydrogens is 360 g/mol. The van der Waals surface area contributed by atoms with Crippen LogP contribution in [0, 0.1) is 0 Å². The highest BCUT2D eigenvalue weighted by Crippen LogP contribution is 2.35. The zero-order chi connectivity index (χ0) is 18.8. The molecule has 1 amide bonds. The minimum Gasteiger partial charge on any atom is -0.454 e. The van der Waals surface area contributed by atoms with E-state index in [0.29, 0.717) is 17.2 Å². The van der Waals surface area contributed by atoms with Crippen LogP contribution in [0.1, 0.15) is 10.5 Å². The van der Waals surface area contributed by atoms with Crippen molar-refractivity contribution < 1.29 is 27.8 Å². The van der Waals surface area contributed by atoms with Crippen LogP contribution in [0.25, 0.3) is 11.3 Å². The van der Waals surface area contributed by atoms with Crippen LogP contribution in [0.3, 0.4) is 0 Å². The van der Waals surface area contributed by atoms with Crippen molar-refractivity contribution in [1.82, 2.24) is 10.2 Å². The number of hydrogen-bond donors (Lipinski definition) is 2. The summed E-state index contributed by atoms with van der Waals surface area (Å²) in [7, 11) is 0. The molecule has 0 radical (unpaired) electrons. The van der Waals surface area contributed by atoms with Crippen LogP contribution in [-0.4, -0.2) is 29.5 Å². The molecule has 0 atom stereocenters. The zero-order valence-corrected chi connectivity index (χ0v) is 13.7. The van der Waals surface area contributed by atoms with Gasteiger partial charge in [-0.2, -0.15) is 13.9 Å². The number of nitrogens with zero attached hydrogens (tertiary/aromatic N) is 1. The summed E-state index contributed by atoms with van der Waals surface area (Å²) in [4.78, 5) is 12.4. The summed E-state index contributed by atoms with van der Waals surface area (Å²) < 4.78 is 39.9. The first kappa shape index (κ1) is 16.8. The van der Waals surface area contributed by atoms with Gasteiger partial charge in [0.1, 0.15) is 11.4 Å².